The van der Waals surface area contributed by atoms with Crippen LogP contribution in [0.4, 0.5) is 10.1 Å². The van der Waals surface area contributed by atoms with E-state index in [0.717, 1.165) is 12.1 Å². The highest BCUT2D eigenvalue weighted by Crippen LogP contribution is 2.18. The Kier molecular flexibility index (Phi) is 3.66. The van der Waals surface area contributed by atoms with E-state index in [1.54, 1.807) is 0 Å². The summed E-state index contributed by atoms with van der Waals surface area (Å²) in [7, 11) is -3.87. The number of halogens is 1. The Balaban J connectivity index is 2.31. The Morgan fingerprint density at radius 2 is 1.85 bits per heavy atom. The maximum Gasteiger partial charge on any atom is 0.338 e. The molecule has 2 aromatic rings. The first-order valence-electron chi connectivity index (χ1n) is 5.36. The maximum absolute atomic E-state index is 13.5. The number of hydrogen-bond donors (Lipinski definition) is 2. The predicted molar refractivity (Wildman–Crippen MR) is 68.4 cm³/mol. The lowest BCUT2D eigenvalue weighted by atomic mass is 10.2. The van der Waals surface area contributed by atoms with Crippen LogP contribution in [0.2, 0.25) is 0 Å². The van der Waals surface area contributed by atoms with Gasteiger partial charge in [0, 0.05) is 12.4 Å². The largest absolute Gasteiger partial charge is 0.478 e. The summed E-state index contributed by atoms with van der Waals surface area (Å²) in [4.78, 5) is 14.3. The van der Waals surface area contributed by atoms with Crippen molar-refractivity contribution in [2.24, 2.45) is 0 Å². The fourth-order valence-corrected chi connectivity index (χ4v) is 2.52. The normalized spacial score (nSPS) is 11.1. The highest BCUT2D eigenvalue weighted by Gasteiger charge is 2.16. The van der Waals surface area contributed by atoms with Gasteiger partial charge in [0.15, 0.2) is 0 Å². The minimum absolute atomic E-state index is 0.0322. The van der Waals surface area contributed by atoms with Crippen molar-refractivity contribution >= 4 is 21.7 Å². The van der Waals surface area contributed by atoms with Gasteiger partial charge in [-0.15, -0.1) is 0 Å². The van der Waals surface area contributed by atoms with E-state index in [0.29, 0.717) is 0 Å². The van der Waals surface area contributed by atoms with Crippen LogP contribution < -0.4 is 4.72 Å². The predicted octanol–water partition coefficient (Wildman–Crippen LogP) is 1.72. The number of sulfonamides is 1. The summed E-state index contributed by atoms with van der Waals surface area (Å²) in [5.41, 5.74) is -0.596. The van der Waals surface area contributed by atoms with Gasteiger partial charge in [-0.1, -0.05) is 0 Å². The zero-order valence-corrected chi connectivity index (χ0v) is 10.8. The van der Waals surface area contributed by atoms with Crippen LogP contribution in [0, 0.1) is 5.82 Å². The lowest BCUT2D eigenvalue weighted by Gasteiger charge is -2.08. The number of nitrogens with zero attached hydrogens (tertiary/aromatic N) is 1. The number of carbonyl (C=O) groups is 1. The Morgan fingerprint density at radius 3 is 2.40 bits per heavy atom. The minimum atomic E-state index is -3.87. The van der Waals surface area contributed by atoms with Crippen molar-refractivity contribution < 1.29 is 22.7 Å². The molecule has 20 heavy (non-hydrogen) atoms. The highest BCUT2D eigenvalue weighted by atomic mass is 32.2. The number of carboxylic acids is 1. The second-order valence-corrected chi connectivity index (χ2v) is 5.47. The van der Waals surface area contributed by atoms with Gasteiger partial charge in [0.2, 0.25) is 0 Å². The quantitative estimate of drug-likeness (QED) is 0.895. The molecule has 0 aliphatic carbocycles. The molecule has 0 radical (unpaired) electrons. The van der Waals surface area contributed by atoms with E-state index in [-0.39, 0.29) is 10.6 Å². The van der Waals surface area contributed by atoms with Gasteiger partial charge < -0.3 is 5.11 Å². The molecule has 8 heteroatoms. The zero-order valence-electron chi connectivity index (χ0n) is 9.95. The molecular weight excluding hydrogens is 287 g/mol. The summed E-state index contributed by atoms with van der Waals surface area (Å²) in [6.45, 7) is 0. The molecule has 6 nitrogen and oxygen atoms in total. The number of hydrogen-bond acceptors (Lipinski definition) is 4. The second-order valence-electron chi connectivity index (χ2n) is 3.79. The Morgan fingerprint density at radius 1 is 1.20 bits per heavy atom. The summed E-state index contributed by atoms with van der Waals surface area (Å²) >= 11 is 0. The summed E-state index contributed by atoms with van der Waals surface area (Å²) in [5, 5.41) is 8.68. The first kappa shape index (κ1) is 13.9. The summed E-state index contributed by atoms with van der Waals surface area (Å²) < 4.78 is 39.5. The number of benzene rings is 1. The van der Waals surface area contributed by atoms with Crippen molar-refractivity contribution in [3.05, 3.63) is 54.1 Å². The molecule has 0 bridgehead atoms. The topological polar surface area (TPSA) is 96.4 Å². The van der Waals surface area contributed by atoms with E-state index in [2.05, 4.69) is 9.71 Å². The molecule has 0 saturated carbocycles. The first-order chi connectivity index (χ1) is 9.40. The lowest BCUT2D eigenvalue weighted by molar-refractivity contribution is 0.0692. The third-order valence-corrected chi connectivity index (χ3v) is 3.81. The van der Waals surface area contributed by atoms with Gasteiger partial charge in [-0.25, -0.2) is 17.6 Å². The third kappa shape index (κ3) is 2.91. The SMILES string of the molecule is O=C(O)c1ccc(NS(=O)(=O)c2ccncc2)cc1F. The molecule has 0 saturated heterocycles. The van der Waals surface area contributed by atoms with Crippen LogP contribution >= 0.6 is 0 Å². The molecule has 2 N–H and O–H groups in total. The molecule has 0 aliphatic rings. The zero-order chi connectivity index (χ0) is 14.8. The third-order valence-electron chi connectivity index (χ3n) is 2.41. The van der Waals surface area contributed by atoms with Crippen molar-refractivity contribution in [1.82, 2.24) is 4.98 Å². The highest BCUT2D eigenvalue weighted by molar-refractivity contribution is 7.92. The standard InChI is InChI=1S/C12H9FN2O4S/c13-11-7-8(1-2-10(11)12(16)17)15-20(18,19)9-3-5-14-6-4-9/h1-7,15H,(H,16,17). The van der Waals surface area contributed by atoms with Crippen LogP contribution in [0.15, 0.2) is 47.6 Å². The van der Waals surface area contributed by atoms with E-state index in [4.69, 9.17) is 5.11 Å². The molecule has 0 spiro atoms. The smallest absolute Gasteiger partial charge is 0.338 e. The van der Waals surface area contributed by atoms with Gasteiger partial charge >= 0.3 is 5.97 Å². The van der Waals surface area contributed by atoms with Crippen molar-refractivity contribution in [3.8, 4) is 0 Å². The van der Waals surface area contributed by atoms with Gasteiger partial charge in [0.1, 0.15) is 5.82 Å². The van der Waals surface area contributed by atoms with Gasteiger partial charge in [0.05, 0.1) is 16.1 Å². The number of nitrogens with one attached hydrogen (secondary N) is 1. The van der Waals surface area contributed by atoms with E-state index in [1.807, 2.05) is 0 Å². The summed E-state index contributed by atoms with van der Waals surface area (Å²) in [6, 6.07) is 5.53. The van der Waals surface area contributed by atoms with Gasteiger partial charge in [-0.2, -0.15) is 0 Å². The van der Waals surface area contributed by atoms with Crippen LogP contribution in [-0.4, -0.2) is 24.5 Å². The van der Waals surface area contributed by atoms with E-state index in [1.165, 1.54) is 30.6 Å². The van der Waals surface area contributed by atoms with Crippen molar-refractivity contribution in [3.63, 3.8) is 0 Å². The van der Waals surface area contributed by atoms with Gasteiger partial charge in [-0.05, 0) is 30.3 Å². The van der Waals surface area contributed by atoms with Crippen molar-refractivity contribution in [2.75, 3.05) is 4.72 Å². The molecular formula is C12H9FN2O4S. The van der Waals surface area contributed by atoms with Gasteiger partial charge in [-0.3, -0.25) is 9.71 Å². The lowest BCUT2D eigenvalue weighted by Crippen LogP contribution is -2.13. The molecule has 0 unspecified atom stereocenters. The average Bonchev–Trinajstić information content (AvgIpc) is 2.39. The van der Waals surface area contributed by atoms with Crippen molar-refractivity contribution in [1.29, 1.82) is 0 Å². The minimum Gasteiger partial charge on any atom is -0.478 e. The molecule has 0 fully saturated rings. The Labute approximate surface area is 114 Å². The number of carboxylic acid groups (broad SMARTS) is 1. The maximum atomic E-state index is 13.5. The molecule has 0 atom stereocenters. The monoisotopic (exact) mass is 296 g/mol. The molecule has 2 rings (SSSR count). The van der Waals surface area contributed by atoms with Crippen molar-refractivity contribution in [2.45, 2.75) is 4.90 Å². The molecule has 0 amide bonds. The Bertz CT molecular complexity index is 747. The van der Waals surface area contributed by atoms with Crippen LogP contribution in [0.1, 0.15) is 10.4 Å². The van der Waals surface area contributed by atoms with E-state index >= 15 is 0 Å². The number of anilines is 1. The average molecular weight is 296 g/mol. The molecule has 1 aromatic carbocycles. The second kappa shape index (κ2) is 5.25. The number of aromatic carboxylic acids is 1. The number of aromatic nitrogens is 1. The Hall–Kier alpha value is -2.48. The summed E-state index contributed by atoms with van der Waals surface area (Å²) in [6.07, 6.45) is 2.62. The molecule has 1 aromatic heterocycles. The number of pyridine rings is 1. The first-order valence-corrected chi connectivity index (χ1v) is 6.84. The van der Waals surface area contributed by atoms with E-state index in [9.17, 15) is 17.6 Å². The molecule has 104 valence electrons. The summed E-state index contributed by atoms with van der Waals surface area (Å²) in [5.74, 6) is -2.45. The van der Waals surface area contributed by atoms with Crippen LogP contribution in [0.5, 0.6) is 0 Å². The van der Waals surface area contributed by atoms with E-state index < -0.39 is 27.4 Å². The van der Waals surface area contributed by atoms with Crippen LogP contribution in [0.25, 0.3) is 0 Å². The fourth-order valence-electron chi connectivity index (χ4n) is 1.48. The molecule has 1 heterocycles. The van der Waals surface area contributed by atoms with Gasteiger partial charge in [0.25, 0.3) is 10.0 Å². The number of rotatable bonds is 4. The van der Waals surface area contributed by atoms with Crippen LogP contribution in [-0.2, 0) is 10.0 Å². The van der Waals surface area contributed by atoms with Crippen LogP contribution in [0.3, 0.4) is 0 Å². The fraction of sp³-hybridized carbons (Fsp3) is 0. The molecule has 0 aliphatic heterocycles.